The highest BCUT2D eigenvalue weighted by Crippen LogP contribution is 2.32. The van der Waals surface area contributed by atoms with Crippen LogP contribution in [0, 0.1) is 12.7 Å². The smallest absolute Gasteiger partial charge is 0.206 e. The lowest BCUT2D eigenvalue weighted by molar-refractivity contribution is -0.105. The normalized spacial score (nSPS) is 11.9. The minimum atomic E-state index is -4.21. The lowest BCUT2D eigenvalue weighted by Crippen LogP contribution is -2.10. The molecule has 0 bridgehead atoms. The Labute approximate surface area is 97.2 Å². The van der Waals surface area contributed by atoms with Crippen molar-refractivity contribution in [3.8, 4) is 0 Å². The van der Waals surface area contributed by atoms with Gasteiger partial charge in [0, 0.05) is 4.90 Å². The van der Waals surface area contributed by atoms with Crippen molar-refractivity contribution in [3.63, 3.8) is 0 Å². The molecule has 0 aromatic heterocycles. The molecule has 0 atom stereocenters. The van der Waals surface area contributed by atoms with Gasteiger partial charge in [0.05, 0.1) is 10.2 Å². The third kappa shape index (κ3) is 4.03. The highest BCUT2D eigenvalue weighted by atomic mass is 79.9. The van der Waals surface area contributed by atoms with E-state index in [9.17, 15) is 17.6 Å². The first-order valence-corrected chi connectivity index (χ1v) is 5.72. The summed E-state index contributed by atoms with van der Waals surface area (Å²) in [6.07, 6.45) is -4.21. The van der Waals surface area contributed by atoms with Gasteiger partial charge in [0.1, 0.15) is 5.82 Å². The van der Waals surface area contributed by atoms with Crippen molar-refractivity contribution in [2.75, 3.05) is 5.75 Å². The molecule has 0 aliphatic carbocycles. The molecule has 0 heterocycles. The van der Waals surface area contributed by atoms with E-state index in [1.165, 1.54) is 12.1 Å². The maximum Gasteiger partial charge on any atom is 0.398 e. The molecule has 84 valence electrons. The Bertz CT molecular complexity index is 362. The van der Waals surface area contributed by atoms with Crippen molar-refractivity contribution in [1.82, 2.24) is 0 Å². The molecular weight excluding hydrogens is 296 g/mol. The molecule has 0 amide bonds. The Hall–Kier alpha value is -0.230. The van der Waals surface area contributed by atoms with Crippen LogP contribution in [-0.4, -0.2) is 11.9 Å². The van der Waals surface area contributed by atoms with Gasteiger partial charge in [-0.2, -0.15) is 13.2 Å². The number of benzene rings is 1. The highest BCUT2D eigenvalue weighted by molar-refractivity contribution is 9.10. The molecule has 15 heavy (non-hydrogen) atoms. The molecule has 0 fully saturated rings. The van der Waals surface area contributed by atoms with E-state index < -0.39 is 17.7 Å². The number of aryl methyl sites for hydroxylation is 1. The van der Waals surface area contributed by atoms with Gasteiger partial charge in [-0.1, -0.05) is 0 Å². The molecule has 0 aliphatic rings. The topological polar surface area (TPSA) is 0 Å². The maximum atomic E-state index is 13.0. The fraction of sp³-hybridized carbons (Fsp3) is 0.333. The fourth-order valence-electron chi connectivity index (χ4n) is 0.943. The van der Waals surface area contributed by atoms with Crippen LogP contribution in [0.1, 0.15) is 5.56 Å². The van der Waals surface area contributed by atoms with Gasteiger partial charge in [0.25, 0.3) is 0 Å². The van der Waals surface area contributed by atoms with Gasteiger partial charge in [-0.3, -0.25) is 0 Å². The first-order chi connectivity index (χ1) is 6.79. The molecule has 0 saturated carbocycles. The molecular formula is C9H7BrF4S. The largest absolute Gasteiger partial charge is 0.398 e. The summed E-state index contributed by atoms with van der Waals surface area (Å²) in [5.41, 5.74) is 0.505. The van der Waals surface area contributed by atoms with E-state index in [1.807, 2.05) is 0 Å². The second-order valence-corrected chi connectivity index (χ2v) is 4.81. The zero-order valence-corrected chi connectivity index (χ0v) is 10.1. The summed E-state index contributed by atoms with van der Waals surface area (Å²) in [4.78, 5) is 0.431. The predicted molar refractivity (Wildman–Crippen MR) is 55.6 cm³/mol. The molecule has 1 aromatic rings. The fourth-order valence-corrected chi connectivity index (χ4v) is 2.24. The van der Waals surface area contributed by atoms with E-state index in [-0.39, 0.29) is 4.47 Å². The summed E-state index contributed by atoms with van der Waals surface area (Å²) in [5, 5.41) is 0. The molecule has 0 spiro atoms. The Kier molecular flexibility index (Phi) is 4.06. The van der Waals surface area contributed by atoms with Crippen LogP contribution < -0.4 is 0 Å². The summed E-state index contributed by atoms with van der Waals surface area (Å²) in [6.45, 7) is 1.58. The number of rotatable bonds is 2. The van der Waals surface area contributed by atoms with E-state index in [0.717, 1.165) is 0 Å². The third-order valence-corrected chi connectivity index (χ3v) is 3.44. The molecule has 6 heteroatoms. The summed E-state index contributed by atoms with van der Waals surface area (Å²) >= 11 is 3.59. The van der Waals surface area contributed by atoms with Crippen molar-refractivity contribution < 1.29 is 17.6 Å². The van der Waals surface area contributed by atoms with Crippen molar-refractivity contribution in [1.29, 1.82) is 0 Å². The van der Waals surface area contributed by atoms with E-state index in [4.69, 9.17) is 0 Å². The van der Waals surface area contributed by atoms with E-state index in [1.54, 1.807) is 6.92 Å². The Morgan fingerprint density at radius 2 is 1.93 bits per heavy atom. The number of hydrogen-bond donors (Lipinski definition) is 0. The quantitative estimate of drug-likeness (QED) is 0.570. The average Bonchev–Trinajstić information content (AvgIpc) is 2.07. The van der Waals surface area contributed by atoms with Crippen LogP contribution >= 0.6 is 27.7 Å². The monoisotopic (exact) mass is 302 g/mol. The number of halogens is 5. The van der Waals surface area contributed by atoms with E-state index in [2.05, 4.69) is 15.9 Å². The molecule has 0 unspecified atom stereocenters. The average molecular weight is 303 g/mol. The molecule has 0 aliphatic heterocycles. The Morgan fingerprint density at radius 3 is 2.47 bits per heavy atom. The zero-order valence-electron chi connectivity index (χ0n) is 7.66. The second-order valence-electron chi connectivity index (χ2n) is 2.94. The van der Waals surface area contributed by atoms with Crippen LogP contribution in [0.3, 0.4) is 0 Å². The number of alkyl halides is 3. The molecule has 0 N–H and O–H groups in total. The van der Waals surface area contributed by atoms with Crippen molar-refractivity contribution in [2.24, 2.45) is 0 Å². The minimum absolute atomic E-state index is 0.178. The molecule has 0 radical (unpaired) electrons. The van der Waals surface area contributed by atoms with E-state index >= 15 is 0 Å². The first-order valence-electron chi connectivity index (χ1n) is 3.95. The SMILES string of the molecule is Cc1cc(F)c(Br)cc1SCC(F)(F)F. The minimum Gasteiger partial charge on any atom is -0.206 e. The first kappa shape index (κ1) is 12.8. The van der Waals surface area contributed by atoms with Gasteiger partial charge < -0.3 is 0 Å². The van der Waals surface area contributed by atoms with Crippen molar-refractivity contribution in [2.45, 2.75) is 18.0 Å². The second kappa shape index (κ2) is 4.74. The zero-order chi connectivity index (χ0) is 11.6. The van der Waals surface area contributed by atoms with Gasteiger partial charge >= 0.3 is 6.18 Å². The molecule has 1 aromatic carbocycles. The lowest BCUT2D eigenvalue weighted by Gasteiger charge is -2.09. The standard InChI is InChI=1S/C9H7BrF4S/c1-5-2-7(11)6(10)3-8(5)15-4-9(12,13)14/h2-3H,4H2,1H3. The van der Waals surface area contributed by atoms with Gasteiger partial charge in [0.15, 0.2) is 0 Å². The van der Waals surface area contributed by atoms with Crippen LogP contribution in [0.4, 0.5) is 17.6 Å². The number of hydrogen-bond acceptors (Lipinski definition) is 1. The Morgan fingerprint density at radius 1 is 1.33 bits per heavy atom. The molecule has 1 rings (SSSR count). The van der Waals surface area contributed by atoms with Crippen LogP contribution in [0.2, 0.25) is 0 Å². The Balaban J connectivity index is 2.82. The summed E-state index contributed by atoms with van der Waals surface area (Å²) in [7, 11) is 0. The maximum absolute atomic E-state index is 13.0. The lowest BCUT2D eigenvalue weighted by atomic mass is 10.2. The number of thioether (sulfide) groups is 1. The molecule has 0 nitrogen and oxygen atoms in total. The van der Waals surface area contributed by atoms with Crippen molar-refractivity contribution >= 4 is 27.7 Å². The third-order valence-electron chi connectivity index (χ3n) is 1.61. The van der Waals surface area contributed by atoms with Crippen LogP contribution in [0.5, 0.6) is 0 Å². The van der Waals surface area contributed by atoms with Gasteiger partial charge in [-0.25, -0.2) is 4.39 Å². The molecule has 0 saturated heterocycles. The summed E-state index contributed by atoms with van der Waals surface area (Å²) < 4.78 is 49.0. The summed E-state index contributed by atoms with van der Waals surface area (Å²) in [5.74, 6) is -1.44. The van der Waals surface area contributed by atoms with Gasteiger partial charge in [-0.05, 0) is 40.5 Å². The van der Waals surface area contributed by atoms with Crippen LogP contribution in [0.15, 0.2) is 21.5 Å². The van der Waals surface area contributed by atoms with Crippen LogP contribution in [-0.2, 0) is 0 Å². The highest BCUT2D eigenvalue weighted by Gasteiger charge is 2.27. The van der Waals surface area contributed by atoms with Crippen molar-refractivity contribution in [3.05, 3.63) is 28.0 Å². The van der Waals surface area contributed by atoms with Gasteiger partial charge in [0.2, 0.25) is 0 Å². The van der Waals surface area contributed by atoms with Gasteiger partial charge in [-0.15, -0.1) is 11.8 Å². The van der Waals surface area contributed by atoms with Crippen LogP contribution in [0.25, 0.3) is 0 Å². The van der Waals surface area contributed by atoms with E-state index in [0.29, 0.717) is 22.2 Å². The summed E-state index contributed by atoms with van der Waals surface area (Å²) in [6, 6.07) is 2.57. The predicted octanol–water partition coefficient (Wildman–Crippen LogP) is 4.55.